The van der Waals surface area contributed by atoms with Crippen LogP contribution in [0.5, 0.6) is 0 Å². The fourth-order valence-corrected chi connectivity index (χ4v) is 3.50. The predicted octanol–water partition coefficient (Wildman–Crippen LogP) is 3.59. The number of carboxylic acids is 1. The van der Waals surface area contributed by atoms with E-state index in [-0.39, 0.29) is 11.6 Å². The number of rotatable bonds is 3. The third-order valence-corrected chi connectivity index (χ3v) is 4.82. The van der Waals surface area contributed by atoms with Crippen molar-refractivity contribution in [3.8, 4) is 10.6 Å². The molecule has 0 bridgehead atoms. The van der Waals surface area contributed by atoms with Crippen molar-refractivity contribution in [1.29, 1.82) is 0 Å². The molecule has 9 heteroatoms. The van der Waals surface area contributed by atoms with Crippen molar-refractivity contribution in [3.63, 3.8) is 0 Å². The molecule has 0 saturated carbocycles. The van der Waals surface area contributed by atoms with Gasteiger partial charge < -0.3 is 10.0 Å². The molecule has 1 atom stereocenters. The third kappa shape index (κ3) is 3.21. The molecule has 1 saturated heterocycles. The maximum Gasteiger partial charge on any atom is 0.433 e. The summed E-state index contributed by atoms with van der Waals surface area (Å²) in [5.74, 6) is -1.27. The number of nitrogens with zero attached hydrogens (tertiary/aromatic N) is 3. The number of alkyl halides is 3. The Morgan fingerprint density at radius 1 is 1.38 bits per heavy atom. The van der Waals surface area contributed by atoms with Gasteiger partial charge in [0.05, 0.1) is 10.6 Å². The molecule has 1 N–H and O–H groups in total. The van der Waals surface area contributed by atoms with E-state index in [1.165, 1.54) is 16.2 Å². The van der Waals surface area contributed by atoms with Gasteiger partial charge in [0, 0.05) is 11.4 Å². The van der Waals surface area contributed by atoms with E-state index < -0.39 is 23.9 Å². The average molecular weight is 357 g/mol. The Morgan fingerprint density at radius 3 is 2.71 bits per heavy atom. The highest BCUT2D eigenvalue weighted by Crippen LogP contribution is 2.35. The zero-order valence-corrected chi connectivity index (χ0v) is 13.5. The summed E-state index contributed by atoms with van der Waals surface area (Å²) in [6, 6.07) is 3.50. The Bertz CT molecular complexity index is 776. The fraction of sp³-hybridized carbons (Fsp3) is 0.400. The van der Waals surface area contributed by atoms with Crippen molar-refractivity contribution in [2.45, 2.75) is 32.0 Å². The number of aryl methyl sites for hydroxylation is 1. The van der Waals surface area contributed by atoms with Gasteiger partial charge in [-0.1, -0.05) is 0 Å². The Balaban J connectivity index is 2.10. The molecule has 0 aliphatic carbocycles. The lowest BCUT2D eigenvalue weighted by Crippen LogP contribution is -2.37. The fourth-order valence-electron chi connectivity index (χ4n) is 2.67. The van der Waals surface area contributed by atoms with Crippen LogP contribution in [0, 0.1) is 6.92 Å². The molecule has 128 valence electrons. The van der Waals surface area contributed by atoms with Crippen LogP contribution in [0.25, 0.3) is 10.6 Å². The molecule has 24 heavy (non-hydrogen) atoms. The molecule has 1 aliphatic heterocycles. The molecular formula is C15H14F3N3O2S. The van der Waals surface area contributed by atoms with E-state index in [1.54, 1.807) is 12.1 Å². The second kappa shape index (κ2) is 6.04. The third-order valence-electron chi connectivity index (χ3n) is 3.79. The molecule has 1 aliphatic rings. The van der Waals surface area contributed by atoms with Gasteiger partial charge in [-0.2, -0.15) is 13.2 Å². The highest BCUT2D eigenvalue weighted by molar-refractivity contribution is 7.15. The van der Waals surface area contributed by atoms with E-state index in [0.717, 1.165) is 10.9 Å². The second-order valence-corrected chi connectivity index (χ2v) is 6.82. The van der Waals surface area contributed by atoms with Crippen LogP contribution in [-0.4, -0.2) is 33.6 Å². The van der Waals surface area contributed by atoms with Crippen LogP contribution in [0.1, 0.15) is 23.4 Å². The largest absolute Gasteiger partial charge is 0.480 e. The molecular weight excluding hydrogens is 343 g/mol. The molecule has 0 spiro atoms. The van der Waals surface area contributed by atoms with Crippen molar-refractivity contribution in [3.05, 3.63) is 28.8 Å². The molecule has 2 aromatic rings. The number of anilines is 1. The topological polar surface area (TPSA) is 66.3 Å². The Labute approximate surface area is 139 Å². The Morgan fingerprint density at radius 2 is 2.12 bits per heavy atom. The number of aliphatic carboxylic acids is 1. The standard InChI is InChI=1S/C15H14F3N3O2S/c1-8-4-5-11(24-8)9-7-12(15(16,17)18)20-14(19-9)21-6-2-3-10(21)13(22)23/h4-5,7,10H,2-3,6H2,1H3,(H,22,23). The first-order valence-electron chi connectivity index (χ1n) is 7.28. The lowest BCUT2D eigenvalue weighted by atomic mass is 10.2. The average Bonchev–Trinajstić information content (AvgIpc) is 3.14. The monoisotopic (exact) mass is 357 g/mol. The van der Waals surface area contributed by atoms with Gasteiger partial charge in [0.25, 0.3) is 0 Å². The van der Waals surface area contributed by atoms with Gasteiger partial charge in [-0.05, 0) is 38.0 Å². The van der Waals surface area contributed by atoms with Crippen LogP contribution in [0.15, 0.2) is 18.2 Å². The highest BCUT2D eigenvalue weighted by atomic mass is 32.1. The highest BCUT2D eigenvalue weighted by Gasteiger charge is 2.37. The van der Waals surface area contributed by atoms with Crippen molar-refractivity contribution < 1.29 is 23.1 Å². The number of hydrogen-bond donors (Lipinski definition) is 1. The van der Waals surface area contributed by atoms with E-state index >= 15 is 0 Å². The Hall–Kier alpha value is -2.16. The van der Waals surface area contributed by atoms with Gasteiger partial charge in [0.1, 0.15) is 6.04 Å². The molecule has 1 fully saturated rings. The smallest absolute Gasteiger partial charge is 0.433 e. The van der Waals surface area contributed by atoms with E-state index in [2.05, 4.69) is 9.97 Å². The molecule has 3 rings (SSSR count). The van der Waals surface area contributed by atoms with Crippen molar-refractivity contribution in [1.82, 2.24) is 9.97 Å². The first kappa shape index (κ1) is 16.7. The van der Waals surface area contributed by atoms with Crippen molar-refractivity contribution in [2.75, 3.05) is 11.4 Å². The molecule has 3 heterocycles. The summed E-state index contributed by atoms with van der Waals surface area (Å²) in [6.45, 7) is 2.17. The summed E-state index contributed by atoms with van der Waals surface area (Å²) < 4.78 is 39.6. The zero-order chi connectivity index (χ0) is 17.5. The summed E-state index contributed by atoms with van der Waals surface area (Å²) in [5, 5.41) is 9.25. The SMILES string of the molecule is Cc1ccc(-c2cc(C(F)(F)F)nc(N3CCCC3C(=O)O)n2)s1. The normalized spacial score (nSPS) is 18.2. The second-order valence-electron chi connectivity index (χ2n) is 5.54. The number of carbonyl (C=O) groups is 1. The number of aromatic nitrogens is 2. The first-order chi connectivity index (χ1) is 11.3. The first-order valence-corrected chi connectivity index (χ1v) is 8.10. The summed E-state index contributed by atoms with van der Waals surface area (Å²) >= 11 is 1.33. The maximum atomic E-state index is 13.2. The van der Waals surface area contributed by atoms with Gasteiger partial charge in [-0.25, -0.2) is 14.8 Å². The van der Waals surface area contributed by atoms with Crippen LogP contribution in [0.3, 0.4) is 0 Å². The zero-order valence-electron chi connectivity index (χ0n) is 12.7. The predicted molar refractivity (Wildman–Crippen MR) is 83.1 cm³/mol. The lowest BCUT2D eigenvalue weighted by molar-refractivity contribution is -0.141. The molecule has 0 aromatic carbocycles. The Kier molecular flexibility index (Phi) is 4.20. The van der Waals surface area contributed by atoms with Crippen LogP contribution in [-0.2, 0) is 11.0 Å². The van der Waals surface area contributed by atoms with Gasteiger partial charge in [-0.15, -0.1) is 11.3 Å². The van der Waals surface area contributed by atoms with Crippen LogP contribution in [0.4, 0.5) is 19.1 Å². The van der Waals surface area contributed by atoms with Gasteiger partial charge in [-0.3, -0.25) is 0 Å². The lowest BCUT2D eigenvalue weighted by Gasteiger charge is -2.22. The molecule has 0 amide bonds. The van der Waals surface area contributed by atoms with E-state index in [0.29, 0.717) is 24.3 Å². The van der Waals surface area contributed by atoms with E-state index in [9.17, 15) is 23.1 Å². The van der Waals surface area contributed by atoms with Crippen molar-refractivity contribution in [2.24, 2.45) is 0 Å². The summed E-state index contributed by atoms with van der Waals surface area (Å²) in [4.78, 5) is 22.0. The molecule has 0 radical (unpaired) electrons. The van der Waals surface area contributed by atoms with Crippen LogP contribution in [0.2, 0.25) is 0 Å². The van der Waals surface area contributed by atoms with Gasteiger partial charge in [0.2, 0.25) is 5.95 Å². The molecule has 5 nitrogen and oxygen atoms in total. The quantitative estimate of drug-likeness (QED) is 0.909. The van der Waals surface area contributed by atoms with Crippen LogP contribution >= 0.6 is 11.3 Å². The summed E-state index contributed by atoms with van der Waals surface area (Å²) in [5.41, 5.74) is -0.911. The summed E-state index contributed by atoms with van der Waals surface area (Å²) in [7, 11) is 0. The number of hydrogen-bond acceptors (Lipinski definition) is 5. The molecule has 2 aromatic heterocycles. The minimum atomic E-state index is -4.63. The minimum Gasteiger partial charge on any atom is -0.480 e. The van der Waals surface area contributed by atoms with Crippen molar-refractivity contribution >= 4 is 23.3 Å². The van der Waals surface area contributed by atoms with E-state index in [4.69, 9.17) is 0 Å². The number of thiophene rings is 1. The number of carboxylic acid groups (broad SMARTS) is 1. The van der Waals surface area contributed by atoms with E-state index in [1.807, 2.05) is 6.92 Å². The maximum absolute atomic E-state index is 13.2. The van der Waals surface area contributed by atoms with Gasteiger partial charge in [0.15, 0.2) is 5.69 Å². The van der Waals surface area contributed by atoms with Crippen LogP contribution < -0.4 is 4.90 Å². The minimum absolute atomic E-state index is 0.154. The summed E-state index contributed by atoms with van der Waals surface area (Å²) in [6.07, 6.45) is -3.69. The van der Waals surface area contributed by atoms with Gasteiger partial charge >= 0.3 is 12.1 Å². The molecule has 1 unspecified atom stereocenters. The number of halogens is 3.